The third-order valence-corrected chi connectivity index (χ3v) is 8.88. The number of aromatic nitrogens is 1. The van der Waals surface area contributed by atoms with Gasteiger partial charge in [-0.25, -0.2) is 13.4 Å². The highest BCUT2D eigenvalue weighted by atomic mass is 32.2. The van der Waals surface area contributed by atoms with Crippen LogP contribution < -0.4 is 14.4 Å². The van der Waals surface area contributed by atoms with Crippen LogP contribution in [0.15, 0.2) is 46.7 Å². The first-order valence-electron chi connectivity index (χ1n) is 10.8. The number of sulfonamides is 1. The molecule has 2 heterocycles. The number of piperazine rings is 1. The van der Waals surface area contributed by atoms with Crippen LogP contribution >= 0.6 is 11.3 Å². The molecule has 0 spiro atoms. The van der Waals surface area contributed by atoms with Gasteiger partial charge in [0.2, 0.25) is 10.0 Å². The van der Waals surface area contributed by atoms with Crippen molar-refractivity contribution < 1.29 is 17.9 Å². The number of nitrogens with zero attached hydrogens (tertiary/aromatic N) is 3. The second kappa shape index (κ2) is 9.70. The van der Waals surface area contributed by atoms with Gasteiger partial charge in [0.15, 0.2) is 5.13 Å². The Balaban J connectivity index is 1.42. The van der Waals surface area contributed by atoms with Gasteiger partial charge in [0, 0.05) is 44.0 Å². The first-order valence-corrected chi connectivity index (χ1v) is 13.1. The van der Waals surface area contributed by atoms with Crippen LogP contribution in [-0.2, 0) is 16.4 Å². The number of methoxy groups -OCH3 is 2. The number of benzene rings is 2. The molecule has 0 bridgehead atoms. The zero-order valence-corrected chi connectivity index (χ0v) is 21.0. The fraction of sp³-hybridized carbons (Fsp3) is 0.375. The van der Waals surface area contributed by atoms with E-state index in [2.05, 4.69) is 42.3 Å². The quantitative estimate of drug-likeness (QED) is 0.504. The number of ether oxygens (including phenoxy) is 2. The van der Waals surface area contributed by atoms with E-state index in [9.17, 15) is 8.42 Å². The predicted octanol–water partition coefficient (Wildman–Crippen LogP) is 3.88. The van der Waals surface area contributed by atoms with Crippen LogP contribution in [0.2, 0.25) is 0 Å². The smallest absolute Gasteiger partial charge is 0.246 e. The highest BCUT2D eigenvalue weighted by Gasteiger charge is 2.31. The van der Waals surface area contributed by atoms with Gasteiger partial charge in [0.1, 0.15) is 16.4 Å². The average Bonchev–Trinajstić information content (AvgIpc) is 3.29. The Bertz CT molecular complexity index is 1230. The summed E-state index contributed by atoms with van der Waals surface area (Å²) in [6.45, 7) is 6.21. The fourth-order valence-electron chi connectivity index (χ4n) is 3.89. The van der Waals surface area contributed by atoms with Gasteiger partial charge in [-0.1, -0.05) is 18.2 Å². The molecule has 33 heavy (non-hydrogen) atoms. The molecule has 1 aliphatic rings. The largest absolute Gasteiger partial charge is 0.497 e. The molecule has 0 radical (unpaired) electrons. The summed E-state index contributed by atoms with van der Waals surface area (Å²) in [5.41, 5.74) is 4.86. The molecule has 4 rings (SSSR count). The van der Waals surface area contributed by atoms with Crippen LogP contribution in [0.5, 0.6) is 11.5 Å². The highest BCUT2D eigenvalue weighted by molar-refractivity contribution is 7.89. The van der Waals surface area contributed by atoms with E-state index in [-0.39, 0.29) is 10.6 Å². The minimum atomic E-state index is -3.67. The van der Waals surface area contributed by atoms with Crippen LogP contribution in [0.1, 0.15) is 22.4 Å². The first-order chi connectivity index (χ1) is 15.8. The maximum Gasteiger partial charge on any atom is 0.246 e. The van der Waals surface area contributed by atoms with Crippen molar-refractivity contribution in [2.75, 3.05) is 45.3 Å². The van der Waals surface area contributed by atoms with Gasteiger partial charge in [-0.3, -0.25) is 0 Å². The second-order valence-electron chi connectivity index (χ2n) is 8.12. The molecular weight excluding hydrogens is 458 g/mol. The number of rotatable bonds is 7. The SMILES string of the molecule is COc1ccc(S(=O)(=O)N2CCN(c3nc(Cc4ccc(C)c(C)c4)cs3)CC2)c(OC)c1. The summed E-state index contributed by atoms with van der Waals surface area (Å²) in [5, 5.41) is 3.03. The lowest BCUT2D eigenvalue weighted by Crippen LogP contribution is -2.48. The van der Waals surface area contributed by atoms with E-state index in [4.69, 9.17) is 14.5 Å². The number of thiazole rings is 1. The summed E-state index contributed by atoms with van der Waals surface area (Å²) in [6.07, 6.45) is 0.795. The Morgan fingerprint density at radius 2 is 1.73 bits per heavy atom. The summed E-state index contributed by atoms with van der Waals surface area (Å²) < 4.78 is 38.5. The lowest BCUT2D eigenvalue weighted by atomic mass is 10.0. The second-order valence-corrected chi connectivity index (χ2v) is 10.9. The Morgan fingerprint density at radius 3 is 2.39 bits per heavy atom. The third-order valence-electron chi connectivity index (χ3n) is 5.99. The van der Waals surface area contributed by atoms with Gasteiger partial charge in [-0.05, 0) is 42.7 Å². The third kappa shape index (κ3) is 5.00. The minimum Gasteiger partial charge on any atom is -0.497 e. The Kier molecular flexibility index (Phi) is 6.92. The lowest BCUT2D eigenvalue weighted by molar-refractivity contribution is 0.370. The minimum absolute atomic E-state index is 0.157. The summed E-state index contributed by atoms with van der Waals surface area (Å²) >= 11 is 1.61. The van der Waals surface area contributed by atoms with Crippen LogP contribution in [0.3, 0.4) is 0 Å². The van der Waals surface area contributed by atoms with Crippen molar-refractivity contribution in [3.05, 3.63) is 64.2 Å². The van der Waals surface area contributed by atoms with Crippen molar-refractivity contribution in [2.24, 2.45) is 0 Å². The fourth-order valence-corrected chi connectivity index (χ4v) is 6.33. The number of aryl methyl sites for hydroxylation is 2. The zero-order valence-electron chi connectivity index (χ0n) is 19.4. The zero-order chi connectivity index (χ0) is 23.6. The number of anilines is 1. The van der Waals surface area contributed by atoms with Gasteiger partial charge in [0.25, 0.3) is 0 Å². The highest BCUT2D eigenvalue weighted by Crippen LogP contribution is 2.32. The van der Waals surface area contributed by atoms with Gasteiger partial charge in [0.05, 0.1) is 19.9 Å². The van der Waals surface area contributed by atoms with Crippen molar-refractivity contribution in [3.63, 3.8) is 0 Å². The molecule has 0 N–H and O–H groups in total. The maximum absolute atomic E-state index is 13.2. The van der Waals surface area contributed by atoms with Gasteiger partial charge in [-0.15, -0.1) is 11.3 Å². The Hall–Kier alpha value is -2.62. The molecule has 1 aliphatic heterocycles. The molecule has 9 heteroatoms. The molecule has 2 aromatic carbocycles. The van der Waals surface area contributed by atoms with Crippen molar-refractivity contribution >= 4 is 26.5 Å². The van der Waals surface area contributed by atoms with Crippen LogP contribution in [-0.4, -0.2) is 58.1 Å². The molecule has 1 saturated heterocycles. The molecule has 1 aromatic heterocycles. The summed E-state index contributed by atoms with van der Waals surface area (Å²) in [4.78, 5) is 7.13. The number of hydrogen-bond donors (Lipinski definition) is 0. The molecule has 0 aliphatic carbocycles. The van der Waals surface area contributed by atoms with E-state index in [1.165, 1.54) is 35.2 Å². The summed E-state index contributed by atoms with van der Waals surface area (Å²) in [7, 11) is -0.672. The Labute approximate surface area is 199 Å². The number of hydrogen-bond acceptors (Lipinski definition) is 7. The normalized spacial score (nSPS) is 15.0. The van der Waals surface area contributed by atoms with E-state index in [1.54, 1.807) is 29.5 Å². The van der Waals surface area contributed by atoms with Gasteiger partial charge >= 0.3 is 0 Å². The van der Waals surface area contributed by atoms with E-state index in [1.807, 2.05) is 0 Å². The molecule has 3 aromatic rings. The van der Waals surface area contributed by atoms with Crippen molar-refractivity contribution in [2.45, 2.75) is 25.2 Å². The Morgan fingerprint density at radius 1 is 0.970 bits per heavy atom. The van der Waals surface area contributed by atoms with Crippen molar-refractivity contribution in [3.8, 4) is 11.5 Å². The molecule has 0 amide bonds. The lowest BCUT2D eigenvalue weighted by Gasteiger charge is -2.34. The first kappa shape index (κ1) is 23.5. The van der Waals surface area contributed by atoms with Crippen LogP contribution in [0.25, 0.3) is 0 Å². The molecular formula is C24H29N3O4S2. The van der Waals surface area contributed by atoms with Crippen molar-refractivity contribution in [1.29, 1.82) is 0 Å². The maximum atomic E-state index is 13.2. The van der Waals surface area contributed by atoms with Crippen molar-refractivity contribution in [1.82, 2.24) is 9.29 Å². The van der Waals surface area contributed by atoms with E-state index in [0.29, 0.717) is 31.9 Å². The molecule has 0 atom stereocenters. The average molecular weight is 488 g/mol. The molecule has 176 valence electrons. The van der Waals surface area contributed by atoms with Gasteiger partial charge < -0.3 is 14.4 Å². The summed E-state index contributed by atoms with van der Waals surface area (Å²) in [6, 6.07) is 11.3. The van der Waals surface area contributed by atoms with E-state index in [0.717, 1.165) is 17.2 Å². The summed E-state index contributed by atoms with van der Waals surface area (Å²) in [5.74, 6) is 0.837. The van der Waals surface area contributed by atoms with E-state index < -0.39 is 10.0 Å². The standard InChI is InChI=1S/C24H29N3O4S2/c1-17-5-6-19(13-18(17)2)14-20-16-32-24(25-20)26-9-11-27(12-10-26)33(28,29)23-8-7-21(30-3)15-22(23)31-4/h5-8,13,15-16H,9-12,14H2,1-4H3. The van der Waals surface area contributed by atoms with Crippen LogP contribution in [0, 0.1) is 13.8 Å². The predicted molar refractivity (Wildman–Crippen MR) is 131 cm³/mol. The molecule has 7 nitrogen and oxygen atoms in total. The topological polar surface area (TPSA) is 72.0 Å². The monoisotopic (exact) mass is 487 g/mol. The van der Waals surface area contributed by atoms with Gasteiger partial charge in [-0.2, -0.15) is 4.31 Å². The van der Waals surface area contributed by atoms with Crippen LogP contribution in [0.4, 0.5) is 5.13 Å². The van der Waals surface area contributed by atoms with E-state index >= 15 is 0 Å². The molecule has 0 unspecified atom stereocenters. The molecule has 1 fully saturated rings. The molecule has 0 saturated carbocycles.